The molecule has 2 aromatic carbocycles. The minimum Gasteiger partial charge on any atom is -0.504 e. The number of benzene rings is 2. The molecular formula is C13H14O2. The molecule has 0 bridgehead atoms. The van der Waals surface area contributed by atoms with Crippen molar-refractivity contribution in [3.8, 4) is 11.5 Å². The van der Waals surface area contributed by atoms with Gasteiger partial charge in [0.2, 0.25) is 0 Å². The average Bonchev–Trinajstić information content (AvgIpc) is 2.29. The zero-order valence-electron chi connectivity index (χ0n) is 8.73. The summed E-state index contributed by atoms with van der Waals surface area (Å²) in [6.07, 6.45) is 0.937. The number of hydrogen-bond acceptors (Lipinski definition) is 2. The number of aromatic hydroxyl groups is 1. The van der Waals surface area contributed by atoms with Crippen molar-refractivity contribution in [2.45, 2.75) is 13.3 Å². The number of hydrogen-bond donors (Lipinski definition) is 1. The maximum atomic E-state index is 9.95. The Morgan fingerprint density at radius 1 is 1.13 bits per heavy atom. The van der Waals surface area contributed by atoms with Crippen LogP contribution in [0.15, 0.2) is 36.4 Å². The fourth-order valence-electron chi connectivity index (χ4n) is 1.56. The monoisotopic (exact) mass is 202 g/mol. The van der Waals surface area contributed by atoms with Gasteiger partial charge in [-0.3, -0.25) is 0 Å². The van der Waals surface area contributed by atoms with Crippen molar-refractivity contribution in [1.29, 1.82) is 0 Å². The van der Waals surface area contributed by atoms with E-state index in [-0.39, 0.29) is 5.75 Å². The summed E-state index contributed by atoms with van der Waals surface area (Å²) >= 11 is 0. The van der Waals surface area contributed by atoms with Crippen LogP contribution < -0.4 is 4.74 Å². The average molecular weight is 202 g/mol. The van der Waals surface area contributed by atoms with Crippen LogP contribution in [0.25, 0.3) is 10.8 Å². The van der Waals surface area contributed by atoms with Gasteiger partial charge in [-0.2, -0.15) is 0 Å². The third-order valence-corrected chi connectivity index (χ3v) is 2.33. The van der Waals surface area contributed by atoms with Crippen molar-refractivity contribution in [1.82, 2.24) is 0 Å². The van der Waals surface area contributed by atoms with E-state index in [1.807, 2.05) is 43.3 Å². The van der Waals surface area contributed by atoms with Crippen molar-refractivity contribution in [2.24, 2.45) is 0 Å². The minimum atomic E-state index is 0.238. The molecule has 0 atom stereocenters. The largest absolute Gasteiger partial charge is 0.504 e. The Kier molecular flexibility index (Phi) is 2.77. The van der Waals surface area contributed by atoms with Crippen LogP contribution >= 0.6 is 0 Å². The molecule has 0 fully saturated rings. The van der Waals surface area contributed by atoms with Gasteiger partial charge in [0.05, 0.1) is 6.61 Å². The van der Waals surface area contributed by atoms with Crippen LogP contribution in [0.2, 0.25) is 0 Å². The zero-order valence-corrected chi connectivity index (χ0v) is 8.73. The molecule has 0 aliphatic heterocycles. The summed E-state index contributed by atoms with van der Waals surface area (Å²) in [5.74, 6) is 0.803. The highest BCUT2D eigenvalue weighted by molar-refractivity contribution is 5.90. The normalized spacial score (nSPS) is 10.5. The SMILES string of the molecule is CCCOc1ccc2ccccc2c1O. The molecular weight excluding hydrogens is 188 g/mol. The van der Waals surface area contributed by atoms with Crippen LogP contribution in [-0.4, -0.2) is 11.7 Å². The Bertz CT molecular complexity index is 463. The topological polar surface area (TPSA) is 29.5 Å². The fraction of sp³-hybridized carbons (Fsp3) is 0.231. The second kappa shape index (κ2) is 4.22. The fourth-order valence-corrected chi connectivity index (χ4v) is 1.56. The maximum Gasteiger partial charge on any atom is 0.165 e. The lowest BCUT2D eigenvalue weighted by atomic mass is 10.1. The molecule has 0 spiro atoms. The van der Waals surface area contributed by atoms with E-state index in [9.17, 15) is 5.11 Å². The third kappa shape index (κ3) is 1.89. The van der Waals surface area contributed by atoms with Crippen LogP contribution in [0.4, 0.5) is 0 Å². The molecule has 0 heterocycles. The van der Waals surface area contributed by atoms with Crippen molar-refractivity contribution in [3.05, 3.63) is 36.4 Å². The summed E-state index contributed by atoms with van der Waals surface area (Å²) in [6, 6.07) is 11.5. The molecule has 0 saturated carbocycles. The summed E-state index contributed by atoms with van der Waals surface area (Å²) in [6.45, 7) is 2.67. The van der Waals surface area contributed by atoms with Gasteiger partial charge in [0, 0.05) is 5.39 Å². The Balaban J connectivity index is 2.45. The standard InChI is InChI=1S/C13H14O2/c1-2-9-15-12-8-7-10-5-3-4-6-11(10)13(12)14/h3-8,14H,2,9H2,1H3. The Morgan fingerprint density at radius 3 is 2.73 bits per heavy atom. The first-order valence-electron chi connectivity index (χ1n) is 5.16. The van der Waals surface area contributed by atoms with Crippen molar-refractivity contribution < 1.29 is 9.84 Å². The van der Waals surface area contributed by atoms with Crippen molar-refractivity contribution in [2.75, 3.05) is 6.61 Å². The summed E-state index contributed by atoms with van der Waals surface area (Å²) in [5.41, 5.74) is 0. The lowest BCUT2D eigenvalue weighted by Gasteiger charge is -2.08. The van der Waals surface area contributed by atoms with Gasteiger partial charge < -0.3 is 9.84 Å². The summed E-state index contributed by atoms with van der Waals surface area (Å²) in [4.78, 5) is 0. The van der Waals surface area contributed by atoms with E-state index in [2.05, 4.69) is 0 Å². The molecule has 0 aliphatic rings. The first-order valence-corrected chi connectivity index (χ1v) is 5.16. The molecule has 0 aliphatic carbocycles. The number of fused-ring (bicyclic) bond motifs is 1. The van der Waals surface area contributed by atoms with Crippen LogP contribution in [0.3, 0.4) is 0 Å². The van der Waals surface area contributed by atoms with Crippen LogP contribution in [0, 0.1) is 0 Å². The summed E-state index contributed by atoms with van der Waals surface area (Å²) in [5, 5.41) is 11.8. The second-order valence-electron chi connectivity index (χ2n) is 3.48. The van der Waals surface area contributed by atoms with Gasteiger partial charge in [-0.1, -0.05) is 37.3 Å². The van der Waals surface area contributed by atoms with E-state index in [0.29, 0.717) is 12.4 Å². The van der Waals surface area contributed by atoms with Crippen molar-refractivity contribution >= 4 is 10.8 Å². The molecule has 2 heteroatoms. The van der Waals surface area contributed by atoms with Crippen molar-refractivity contribution in [3.63, 3.8) is 0 Å². The lowest BCUT2D eigenvalue weighted by molar-refractivity contribution is 0.301. The number of ether oxygens (including phenoxy) is 1. The maximum absolute atomic E-state index is 9.95. The van der Waals surface area contributed by atoms with Gasteiger partial charge in [0.15, 0.2) is 11.5 Å². The molecule has 0 aromatic heterocycles. The Morgan fingerprint density at radius 2 is 1.93 bits per heavy atom. The second-order valence-corrected chi connectivity index (χ2v) is 3.48. The van der Waals surface area contributed by atoms with Crippen LogP contribution in [0.1, 0.15) is 13.3 Å². The van der Waals surface area contributed by atoms with E-state index in [1.54, 1.807) is 0 Å². The van der Waals surface area contributed by atoms with E-state index >= 15 is 0 Å². The van der Waals surface area contributed by atoms with Crippen LogP contribution in [-0.2, 0) is 0 Å². The summed E-state index contributed by atoms with van der Waals surface area (Å²) < 4.78 is 5.44. The Labute approximate surface area is 89.1 Å². The first-order chi connectivity index (χ1) is 7.33. The molecule has 1 N–H and O–H groups in total. The highest BCUT2D eigenvalue weighted by Crippen LogP contribution is 2.34. The van der Waals surface area contributed by atoms with Crippen LogP contribution in [0.5, 0.6) is 11.5 Å². The molecule has 0 radical (unpaired) electrons. The van der Waals surface area contributed by atoms with Gasteiger partial charge in [-0.05, 0) is 17.9 Å². The van der Waals surface area contributed by atoms with E-state index in [0.717, 1.165) is 17.2 Å². The van der Waals surface area contributed by atoms with E-state index in [1.165, 1.54) is 0 Å². The molecule has 0 unspecified atom stereocenters. The smallest absolute Gasteiger partial charge is 0.165 e. The summed E-state index contributed by atoms with van der Waals surface area (Å²) in [7, 11) is 0. The van der Waals surface area contributed by atoms with Gasteiger partial charge in [-0.25, -0.2) is 0 Å². The molecule has 2 rings (SSSR count). The molecule has 2 nitrogen and oxygen atoms in total. The molecule has 15 heavy (non-hydrogen) atoms. The third-order valence-electron chi connectivity index (χ3n) is 2.33. The first kappa shape index (κ1) is 9.84. The van der Waals surface area contributed by atoms with Gasteiger partial charge in [-0.15, -0.1) is 0 Å². The molecule has 78 valence electrons. The quantitative estimate of drug-likeness (QED) is 0.827. The predicted octanol–water partition coefficient (Wildman–Crippen LogP) is 3.33. The van der Waals surface area contributed by atoms with Gasteiger partial charge >= 0.3 is 0 Å². The molecule has 0 saturated heterocycles. The number of rotatable bonds is 3. The van der Waals surface area contributed by atoms with E-state index in [4.69, 9.17) is 4.74 Å². The highest BCUT2D eigenvalue weighted by atomic mass is 16.5. The van der Waals surface area contributed by atoms with E-state index < -0.39 is 0 Å². The number of phenolic OH excluding ortho intramolecular Hbond substituents is 1. The molecule has 2 aromatic rings. The lowest BCUT2D eigenvalue weighted by Crippen LogP contribution is -1.95. The Hall–Kier alpha value is -1.70. The highest BCUT2D eigenvalue weighted by Gasteiger charge is 2.05. The van der Waals surface area contributed by atoms with Gasteiger partial charge in [0.1, 0.15) is 0 Å². The minimum absolute atomic E-state index is 0.238. The zero-order chi connectivity index (χ0) is 10.7. The number of phenols is 1. The molecule has 0 amide bonds. The van der Waals surface area contributed by atoms with Gasteiger partial charge in [0.25, 0.3) is 0 Å². The predicted molar refractivity (Wildman–Crippen MR) is 61.4 cm³/mol.